The summed E-state index contributed by atoms with van der Waals surface area (Å²) in [5.74, 6) is -0.962. The number of carbonyl (C=O) groups excluding carboxylic acids is 1. The molecule has 3 rings (SSSR count). The Morgan fingerprint density at radius 3 is 2.46 bits per heavy atom. The number of rotatable bonds is 7. The Morgan fingerprint density at radius 2 is 1.82 bits per heavy atom. The van der Waals surface area contributed by atoms with Gasteiger partial charge in [-0.2, -0.15) is 0 Å². The summed E-state index contributed by atoms with van der Waals surface area (Å²) in [7, 11) is 0. The number of aliphatic hydroxyl groups is 1. The molecule has 0 radical (unpaired) electrons. The SMILES string of the molecule is CC(O)(CNC(=O)C(Cc1cccnc1)c1ccccc1)c1ccc(F)cc1. The van der Waals surface area contributed by atoms with Gasteiger partial charge in [0.05, 0.1) is 12.5 Å². The highest BCUT2D eigenvalue weighted by atomic mass is 19.1. The Bertz CT molecular complexity index is 897. The van der Waals surface area contributed by atoms with Crippen LogP contribution in [0.25, 0.3) is 0 Å². The van der Waals surface area contributed by atoms with E-state index in [9.17, 15) is 14.3 Å². The van der Waals surface area contributed by atoms with Crippen molar-refractivity contribution in [3.63, 3.8) is 0 Å². The lowest BCUT2D eigenvalue weighted by atomic mass is 9.91. The molecule has 5 heteroatoms. The molecule has 1 aromatic heterocycles. The van der Waals surface area contributed by atoms with Crippen molar-refractivity contribution in [3.8, 4) is 0 Å². The number of halogens is 1. The maximum absolute atomic E-state index is 13.1. The van der Waals surface area contributed by atoms with E-state index in [-0.39, 0.29) is 18.3 Å². The van der Waals surface area contributed by atoms with Gasteiger partial charge in [0.15, 0.2) is 0 Å². The lowest BCUT2D eigenvalue weighted by molar-refractivity contribution is -0.123. The summed E-state index contributed by atoms with van der Waals surface area (Å²) in [6.45, 7) is 1.62. The van der Waals surface area contributed by atoms with Gasteiger partial charge in [0.25, 0.3) is 0 Å². The Labute approximate surface area is 164 Å². The Balaban J connectivity index is 1.74. The lowest BCUT2D eigenvalue weighted by Crippen LogP contribution is -2.41. The zero-order valence-corrected chi connectivity index (χ0v) is 15.7. The van der Waals surface area contributed by atoms with Crippen LogP contribution in [-0.4, -0.2) is 22.5 Å². The third kappa shape index (κ3) is 5.02. The first kappa shape index (κ1) is 19.7. The van der Waals surface area contributed by atoms with E-state index in [1.165, 1.54) is 24.3 Å². The fraction of sp³-hybridized carbons (Fsp3) is 0.217. The largest absolute Gasteiger partial charge is 0.384 e. The van der Waals surface area contributed by atoms with E-state index in [1.54, 1.807) is 19.3 Å². The zero-order chi connectivity index (χ0) is 20.0. The number of amides is 1. The monoisotopic (exact) mass is 378 g/mol. The van der Waals surface area contributed by atoms with Crippen LogP contribution in [0.15, 0.2) is 79.1 Å². The first-order valence-electron chi connectivity index (χ1n) is 9.16. The summed E-state index contributed by atoms with van der Waals surface area (Å²) in [5.41, 5.74) is 1.08. The van der Waals surface area contributed by atoms with Gasteiger partial charge in [-0.3, -0.25) is 9.78 Å². The molecule has 0 saturated heterocycles. The summed E-state index contributed by atoms with van der Waals surface area (Å²) in [6, 6.07) is 18.9. The molecule has 2 unspecified atom stereocenters. The fourth-order valence-electron chi connectivity index (χ4n) is 3.10. The highest BCUT2D eigenvalue weighted by Crippen LogP contribution is 2.23. The van der Waals surface area contributed by atoms with E-state index >= 15 is 0 Å². The average Bonchev–Trinajstić information content (AvgIpc) is 2.72. The van der Waals surface area contributed by atoms with Crippen LogP contribution in [0.4, 0.5) is 4.39 Å². The highest BCUT2D eigenvalue weighted by Gasteiger charge is 2.27. The molecule has 0 bridgehead atoms. The van der Waals surface area contributed by atoms with Gasteiger partial charge in [-0.15, -0.1) is 0 Å². The molecule has 2 aromatic carbocycles. The van der Waals surface area contributed by atoms with Crippen molar-refractivity contribution < 1.29 is 14.3 Å². The number of nitrogens with zero attached hydrogens (tertiary/aromatic N) is 1. The molecule has 2 N–H and O–H groups in total. The van der Waals surface area contributed by atoms with E-state index in [0.29, 0.717) is 12.0 Å². The van der Waals surface area contributed by atoms with Crippen molar-refractivity contribution in [2.24, 2.45) is 0 Å². The van der Waals surface area contributed by atoms with Gasteiger partial charge in [-0.05, 0) is 48.2 Å². The quantitative estimate of drug-likeness (QED) is 0.661. The van der Waals surface area contributed by atoms with Gasteiger partial charge in [0, 0.05) is 12.4 Å². The van der Waals surface area contributed by atoms with Gasteiger partial charge in [-0.1, -0.05) is 48.5 Å². The molecular weight excluding hydrogens is 355 g/mol. The maximum Gasteiger partial charge on any atom is 0.227 e. The molecule has 144 valence electrons. The summed E-state index contributed by atoms with van der Waals surface area (Å²) in [4.78, 5) is 17.1. The number of hydrogen-bond donors (Lipinski definition) is 2. The molecule has 0 fully saturated rings. The zero-order valence-electron chi connectivity index (χ0n) is 15.7. The molecule has 0 aliphatic rings. The first-order chi connectivity index (χ1) is 13.5. The van der Waals surface area contributed by atoms with E-state index in [0.717, 1.165) is 11.1 Å². The molecule has 4 nitrogen and oxygen atoms in total. The van der Waals surface area contributed by atoms with Crippen LogP contribution in [0.1, 0.15) is 29.5 Å². The standard InChI is InChI=1S/C23H23FN2O2/c1-23(28,19-9-11-20(24)12-10-19)16-26-22(27)21(18-7-3-2-4-8-18)14-17-6-5-13-25-15-17/h2-13,15,21,28H,14,16H2,1H3,(H,26,27). The number of pyridine rings is 1. The second-order valence-corrected chi connectivity index (χ2v) is 7.03. The van der Waals surface area contributed by atoms with Crippen molar-refractivity contribution in [1.29, 1.82) is 0 Å². The molecule has 3 aromatic rings. The molecule has 0 aliphatic heterocycles. The normalized spacial score (nSPS) is 14.1. The third-order valence-corrected chi connectivity index (χ3v) is 4.75. The smallest absolute Gasteiger partial charge is 0.227 e. The Morgan fingerprint density at radius 1 is 1.11 bits per heavy atom. The van der Waals surface area contributed by atoms with Gasteiger partial charge in [-0.25, -0.2) is 4.39 Å². The van der Waals surface area contributed by atoms with E-state index in [1.807, 2.05) is 42.5 Å². The average molecular weight is 378 g/mol. The lowest BCUT2D eigenvalue weighted by Gasteiger charge is -2.26. The summed E-state index contributed by atoms with van der Waals surface area (Å²) in [5, 5.41) is 13.6. The molecule has 0 aliphatic carbocycles. The van der Waals surface area contributed by atoms with Gasteiger partial charge in [0.1, 0.15) is 11.4 Å². The minimum atomic E-state index is -1.31. The van der Waals surface area contributed by atoms with Gasteiger partial charge >= 0.3 is 0 Å². The van der Waals surface area contributed by atoms with Gasteiger partial charge in [0.2, 0.25) is 5.91 Å². The van der Waals surface area contributed by atoms with Crippen LogP contribution < -0.4 is 5.32 Å². The minimum absolute atomic E-state index is 0.0217. The topological polar surface area (TPSA) is 62.2 Å². The second-order valence-electron chi connectivity index (χ2n) is 7.03. The second kappa shape index (κ2) is 8.76. The Hall–Kier alpha value is -3.05. The highest BCUT2D eigenvalue weighted by molar-refractivity contribution is 5.84. The number of nitrogens with one attached hydrogen (secondary N) is 1. The van der Waals surface area contributed by atoms with E-state index in [2.05, 4.69) is 10.3 Å². The molecule has 0 saturated carbocycles. The predicted molar refractivity (Wildman–Crippen MR) is 106 cm³/mol. The fourth-order valence-corrected chi connectivity index (χ4v) is 3.10. The maximum atomic E-state index is 13.1. The van der Waals surface area contributed by atoms with E-state index in [4.69, 9.17) is 0 Å². The molecule has 1 heterocycles. The Kier molecular flexibility index (Phi) is 6.16. The number of benzene rings is 2. The summed E-state index contributed by atoms with van der Waals surface area (Å²) < 4.78 is 13.1. The van der Waals surface area contributed by atoms with Crippen molar-refractivity contribution in [3.05, 3.63) is 102 Å². The van der Waals surface area contributed by atoms with Crippen molar-refractivity contribution in [1.82, 2.24) is 10.3 Å². The summed E-state index contributed by atoms with van der Waals surface area (Å²) in [6.07, 6.45) is 3.95. The number of aromatic nitrogens is 1. The van der Waals surface area contributed by atoms with Crippen molar-refractivity contribution in [2.75, 3.05) is 6.54 Å². The molecule has 2 atom stereocenters. The molecule has 28 heavy (non-hydrogen) atoms. The summed E-state index contributed by atoms with van der Waals surface area (Å²) >= 11 is 0. The number of hydrogen-bond acceptors (Lipinski definition) is 3. The van der Waals surface area contributed by atoms with Crippen LogP contribution in [0.2, 0.25) is 0 Å². The van der Waals surface area contributed by atoms with Crippen molar-refractivity contribution in [2.45, 2.75) is 24.9 Å². The van der Waals surface area contributed by atoms with Crippen molar-refractivity contribution >= 4 is 5.91 Å². The third-order valence-electron chi connectivity index (χ3n) is 4.75. The van der Waals surface area contributed by atoms with Crippen LogP contribution in [0.3, 0.4) is 0 Å². The molecule has 0 spiro atoms. The van der Waals surface area contributed by atoms with Crippen LogP contribution in [0.5, 0.6) is 0 Å². The van der Waals surface area contributed by atoms with Crippen LogP contribution >= 0.6 is 0 Å². The van der Waals surface area contributed by atoms with Gasteiger partial charge < -0.3 is 10.4 Å². The predicted octanol–water partition coefficient (Wildman–Crippen LogP) is 3.57. The number of carbonyl (C=O) groups is 1. The first-order valence-corrected chi connectivity index (χ1v) is 9.16. The molecular formula is C23H23FN2O2. The van der Waals surface area contributed by atoms with E-state index < -0.39 is 11.5 Å². The minimum Gasteiger partial charge on any atom is -0.384 e. The van der Waals surface area contributed by atoms with Crippen LogP contribution in [-0.2, 0) is 16.8 Å². The molecule has 1 amide bonds. The van der Waals surface area contributed by atoms with Crippen LogP contribution in [0, 0.1) is 5.82 Å².